The second-order valence-electron chi connectivity index (χ2n) is 7.94. The molecule has 1 aliphatic heterocycles. The Kier molecular flexibility index (Phi) is 11.5. The number of esters is 1. The first-order valence-corrected chi connectivity index (χ1v) is 10.4. The van der Waals surface area contributed by atoms with Crippen LogP contribution in [0.15, 0.2) is 23.2 Å². The minimum absolute atomic E-state index is 0. The van der Waals surface area contributed by atoms with Crippen LogP contribution in [0.5, 0.6) is 5.75 Å². The van der Waals surface area contributed by atoms with Crippen molar-refractivity contribution in [2.24, 2.45) is 4.99 Å². The summed E-state index contributed by atoms with van der Waals surface area (Å²) in [6.07, 6.45) is 3.88. The molecule has 1 aliphatic rings. The highest BCUT2D eigenvalue weighted by atomic mass is 127. The topological polar surface area (TPSA) is 75.2 Å². The molecule has 0 spiro atoms. The monoisotopic (exact) mass is 532 g/mol. The normalized spacial score (nSPS) is 15.2. The van der Waals surface area contributed by atoms with Gasteiger partial charge in [-0.15, -0.1) is 24.0 Å². The molecule has 1 saturated heterocycles. The Hall–Kier alpha value is -1.55. The first-order valence-electron chi connectivity index (χ1n) is 10.4. The van der Waals surface area contributed by atoms with Crippen LogP contribution in [0.3, 0.4) is 0 Å². The van der Waals surface area contributed by atoms with E-state index in [1.165, 1.54) is 33.5 Å². The van der Waals surface area contributed by atoms with Gasteiger partial charge in [0, 0.05) is 18.6 Å². The number of piperidine rings is 1. The SMILES string of the molecule is CCNC(=NCc1ccc(OC)c(C(=O)OC)c1)NCC(C)(C)N1CCCCC1.I. The molecule has 0 aliphatic carbocycles. The zero-order valence-corrected chi connectivity index (χ0v) is 21.2. The van der Waals surface area contributed by atoms with E-state index in [9.17, 15) is 4.79 Å². The van der Waals surface area contributed by atoms with Crippen LogP contribution >= 0.6 is 24.0 Å². The molecule has 8 heteroatoms. The summed E-state index contributed by atoms with van der Waals surface area (Å²) in [6.45, 7) is 11.0. The molecule has 30 heavy (non-hydrogen) atoms. The maximum atomic E-state index is 12.0. The molecule has 0 atom stereocenters. The number of rotatable bonds is 8. The van der Waals surface area contributed by atoms with E-state index >= 15 is 0 Å². The predicted molar refractivity (Wildman–Crippen MR) is 132 cm³/mol. The van der Waals surface area contributed by atoms with Crippen LogP contribution in [-0.4, -0.2) is 62.8 Å². The number of ether oxygens (including phenoxy) is 2. The van der Waals surface area contributed by atoms with E-state index < -0.39 is 5.97 Å². The van der Waals surface area contributed by atoms with Crippen molar-refractivity contribution in [3.63, 3.8) is 0 Å². The highest BCUT2D eigenvalue weighted by molar-refractivity contribution is 14.0. The Morgan fingerprint density at radius 2 is 1.87 bits per heavy atom. The maximum Gasteiger partial charge on any atom is 0.341 e. The second kappa shape index (κ2) is 13.0. The highest BCUT2D eigenvalue weighted by Crippen LogP contribution is 2.22. The quantitative estimate of drug-likeness (QED) is 0.231. The first-order chi connectivity index (χ1) is 13.9. The van der Waals surface area contributed by atoms with Crippen molar-refractivity contribution >= 4 is 35.9 Å². The zero-order valence-electron chi connectivity index (χ0n) is 18.9. The minimum Gasteiger partial charge on any atom is -0.496 e. The van der Waals surface area contributed by atoms with E-state index in [0.717, 1.165) is 37.7 Å². The number of nitrogens with zero attached hydrogens (tertiary/aromatic N) is 2. The fourth-order valence-electron chi connectivity index (χ4n) is 3.55. The van der Waals surface area contributed by atoms with Crippen molar-refractivity contribution in [2.75, 3.05) is 40.4 Å². The van der Waals surface area contributed by atoms with Gasteiger partial charge >= 0.3 is 5.97 Å². The van der Waals surface area contributed by atoms with Gasteiger partial charge in [0.1, 0.15) is 11.3 Å². The highest BCUT2D eigenvalue weighted by Gasteiger charge is 2.27. The summed E-state index contributed by atoms with van der Waals surface area (Å²) >= 11 is 0. The third-order valence-electron chi connectivity index (χ3n) is 5.33. The summed E-state index contributed by atoms with van der Waals surface area (Å²) in [6, 6.07) is 5.46. The molecule has 0 unspecified atom stereocenters. The van der Waals surface area contributed by atoms with Gasteiger partial charge < -0.3 is 20.1 Å². The van der Waals surface area contributed by atoms with Gasteiger partial charge in [0.25, 0.3) is 0 Å². The molecular weight excluding hydrogens is 495 g/mol. The number of benzene rings is 1. The third kappa shape index (κ3) is 7.61. The van der Waals surface area contributed by atoms with Gasteiger partial charge in [-0.1, -0.05) is 12.5 Å². The molecule has 170 valence electrons. The van der Waals surface area contributed by atoms with Crippen LogP contribution in [0.25, 0.3) is 0 Å². The lowest BCUT2D eigenvalue weighted by atomic mass is 9.98. The lowest BCUT2D eigenvalue weighted by Crippen LogP contribution is -2.54. The van der Waals surface area contributed by atoms with Crippen LogP contribution in [0, 0.1) is 0 Å². The Labute approximate surface area is 198 Å². The van der Waals surface area contributed by atoms with Gasteiger partial charge in [0.05, 0.1) is 20.8 Å². The van der Waals surface area contributed by atoms with Crippen molar-refractivity contribution < 1.29 is 14.3 Å². The largest absolute Gasteiger partial charge is 0.496 e. The predicted octanol–water partition coefficient (Wildman–Crippen LogP) is 3.42. The molecule has 0 aromatic heterocycles. The Morgan fingerprint density at radius 3 is 2.47 bits per heavy atom. The fraction of sp³-hybridized carbons (Fsp3) is 0.636. The van der Waals surface area contributed by atoms with E-state index in [1.54, 1.807) is 12.1 Å². The van der Waals surface area contributed by atoms with Crippen LogP contribution in [0.2, 0.25) is 0 Å². The van der Waals surface area contributed by atoms with Crippen molar-refractivity contribution in [1.29, 1.82) is 0 Å². The molecule has 0 bridgehead atoms. The number of halogens is 1. The number of methoxy groups -OCH3 is 2. The van der Waals surface area contributed by atoms with E-state index in [2.05, 4.69) is 36.3 Å². The number of guanidine groups is 1. The molecule has 2 rings (SSSR count). The van der Waals surface area contributed by atoms with Crippen LogP contribution < -0.4 is 15.4 Å². The van der Waals surface area contributed by atoms with Gasteiger partial charge in [0.15, 0.2) is 5.96 Å². The van der Waals surface area contributed by atoms with Gasteiger partial charge in [-0.05, 0) is 64.4 Å². The summed E-state index contributed by atoms with van der Waals surface area (Å²) < 4.78 is 10.1. The lowest BCUT2D eigenvalue weighted by molar-refractivity contribution is 0.0597. The number of carbonyl (C=O) groups is 1. The minimum atomic E-state index is -0.416. The summed E-state index contributed by atoms with van der Waals surface area (Å²) in [5.74, 6) is 0.854. The number of hydrogen-bond acceptors (Lipinski definition) is 5. The van der Waals surface area contributed by atoms with E-state index in [4.69, 9.17) is 14.5 Å². The van der Waals surface area contributed by atoms with E-state index in [1.807, 2.05) is 6.07 Å². The smallest absolute Gasteiger partial charge is 0.341 e. The van der Waals surface area contributed by atoms with Crippen LogP contribution in [0.1, 0.15) is 56.0 Å². The van der Waals surface area contributed by atoms with Gasteiger partial charge in [-0.3, -0.25) is 4.90 Å². The van der Waals surface area contributed by atoms with Crippen LogP contribution in [-0.2, 0) is 11.3 Å². The molecule has 1 aromatic carbocycles. The lowest BCUT2D eigenvalue weighted by Gasteiger charge is -2.41. The first kappa shape index (κ1) is 26.5. The summed E-state index contributed by atoms with van der Waals surface area (Å²) in [5.41, 5.74) is 1.39. The van der Waals surface area contributed by atoms with Gasteiger partial charge in [-0.25, -0.2) is 9.79 Å². The Balaban J connectivity index is 0.00000450. The molecule has 0 amide bonds. The number of carbonyl (C=O) groups excluding carboxylic acids is 1. The average molecular weight is 532 g/mol. The van der Waals surface area contributed by atoms with Crippen LogP contribution in [0.4, 0.5) is 0 Å². The Morgan fingerprint density at radius 1 is 1.17 bits per heavy atom. The Bertz CT molecular complexity index is 704. The molecule has 1 aromatic rings. The number of aliphatic imine (C=N–C) groups is 1. The van der Waals surface area contributed by atoms with Crippen molar-refractivity contribution in [1.82, 2.24) is 15.5 Å². The van der Waals surface area contributed by atoms with E-state index in [-0.39, 0.29) is 29.5 Å². The van der Waals surface area contributed by atoms with Gasteiger partial charge in [0.2, 0.25) is 0 Å². The van der Waals surface area contributed by atoms with Gasteiger partial charge in [-0.2, -0.15) is 0 Å². The molecule has 1 fully saturated rings. The maximum absolute atomic E-state index is 12.0. The standard InChI is InChI=1S/C22H36N4O3.HI/c1-6-23-21(25-16-22(2,3)26-12-8-7-9-13-26)24-15-17-10-11-19(28-4)18(14-17)20(27)29-5;/h10-11,14H,6-9,12-13,15-16H2,1-5H3,(H2,23,24,25);1H. The average Bonchev–Trinajstić information content (AvgIpc) is 2.75. The van der Waals surface area contributed by atoms with Crippen molar-refractivity contribution in [3.05, 3.63) is 29.3 Å². The second-order valence-corrected chi connectivity index (χ2v) is 7.94. The van der Waals surface area contributed by atoms with E-state index in [0.29, 0.717) is 17.9 Å². The number of hydrogen-bond donors (Lipinski definition) is 2. The number of nitrogens with one attached hydrogen (secondary N) is 2. The van der Waals surface area contributed by atoms with Crippen molar-refractivity contribution in [2.45, 2.75) is 52.1 Å². The molecule has 7 nitrogen and oxygen atoms in total. The third-order valence-corrected chi connectivity index (χ3v) is 5.33. The molecule has 2 N–H and O–H groups in total. The summed E-state index contributed by atoms with van der Waals surface area (Å²) in [7, 11) is 2.90. The zero-order chi connectivity index (χ0) is 21.3. The molecule has 1 heterocycles. The molecule has 0 saturated carbocycles. The summed E-state index contributed by atoms with van der Waals surface area (Å²) in [5, 5.41) is 6.78. The molecule has 0 radical (unpaired) electrons. The fourth-order valence-corrected chi connectivity index (χ4v) is 3.55. The molecular formula is C22H37IN4O3. The summed E-state index contributed by atoms with van der Waals surface area (Å²) in [4.78, 5) is 19.2. The van der Waals surface area contributed by atoms with Crippen molar-refractivity contribution in [3.8, 4) is 5.75 Å². The number of likely N-dealkylation sites (tertiary alicyclic amines) is 1.